The highest BCUT2D eigenvalue weighted by atomic mass is 32.2. The van der Waals surface area contributed by atoms with Crippen molar-refractivity contribution in [3.63, 3.8) is 0 Å². The SMILES string of the molecule is COc1nn(C)cc1C(=O)NS1(=O)=NC(=O)c2ccc3c(c2)N(C[C@@H]2CC[C@H]2[C@](O)(CCN2CCOCC2)/C=C/C[C@H](C)C1)C[C@@]1(CCCc2cc(C)ccc21)CO3. The lowest BCUT2D eigenvalue weighted by atomic mass is 9.63. The minimum absolute atomic E-state index is 0.0238. The maximum absolute atomic E-state index is 14.8. The van der Waals surface area contributed by atoms with E-state index < -0.39 is 27.3 Å². The Morgan fingerprint density at radius 3 is 2.76 bits per heavy atom. The van der Waals surface area contributed by atoms with E-state index >= 15 is 0 Å². The molecule has 5 aliphatic rings. The summed E-state index contributed by atoms with van der Waals surface area (Å²) in [4.78, 5) is 32.6. The first kappa shape index (κ1) is 40.5. The molecule has 2 aliphatic carbocycles. The molecule has 2 N–H and O–H groups in total. The van der Waals surface area contributed by atoms with Crippen molar-refractivity contribution in [1.29, 1.82) is 0 Å². The zero-order chi connectivity index (χ0) is 40.7. The average molecular weight is 815 g/mol. The molecule has 2 fully saturated rings. The van der Waals surface area contributed by atoms with Crippen LogP contribution < -0.4 is 19.1 Å². The van der Waals surface area contributed by atoms with E-state index in [0.29, 0.717) is 51.5 Å². The molecule has 2 aromatic carbocycles. The molecule has 1 saturated carbocycles. The number of carbonyl (C=O) groups excluding carboxylic acids is 2. The smallest absolute Gasteiger partial charge is 0.286 e. The molecule has 2 bridgehead atoms. The molecule has 1 saturated heterocycles. The van der Waals surface area contributed by atoms with Crippen LogP contribution in [0.1, 0.15) is 82.9 Å². The quantitative estimate of drug-likeness (QED) is 0.317. The molecule has 4 heterocycles. The second-order valence-electron chi connectivity index (χ2n) is 17.4. The Kier molecular flexibility index (Phi) is 11.5. The van der Waals surface area contributed by atoms with Crippen LogP contribution in [0.2, 0.25) is 0 Å². The number of benzene rings is 2. The number of methoxy groups -OCH3 is 1. The molecule has 1 unspecified atom stereocenters. The molecule has 0 radical (unpaired) electrons. The highest BCUT2D eigenvalue weighted by Crippen LogP contribution is 2.49. The lowest BCUT2D eigenvalue weighted by Crippen LogP contribution is -2.53. The van der Waals surface area contributed by atoms with Crippen LogP contribution in [0.3, 0.4) is 0 Å². The predicted octanol–water partition coefficient (Wildman–Crippen LogP) is 5.24. The van der Waals surface area contributed by atoms with Gasteiger partial charge in [-0.05, 0) is 98.9 Å². The maximum Gasteiger partial charge on any atom is 0.286 e. The molecule has 1 spiro atoms. The Hall–Kier alpha value is -4.24. The first-order valence-corrected chi connectivity index (χ1v) is 22.6. The van der Waals surface area contributed by atoms with Crippen molar-refractivity contribution in [2.24, 2.45) is 29.2 Å². The Labute approximate surface area is 342 Å². The van der Waals surface area contributed by atoms with E-state index in [2.05, 4.69) is 49.1 Å². The number of fused-ring (bicyclic) bond motifs is 4. The van der Waals surface area contributed by atoms with Crippen molar-refractivity contribution in [2.75, 3.05) is 70.3 Å². The number of anilines is 1. The summed E-state index contributed by atoms with van der Waals surface area (Å²) in [6, 6.07) is 12.1. The third-order valence-electron chi connectivity index (χ3n) is 13.1. The van der Waals surface area contributed by atoms with Gasteiger partial charge in [0.1, 0.15) is 21.2 Å². The maximum atomic E-state index is 14.8. The molecule has 13 nitrogen and oxygen atoms in total. The predicted molar refractivity (Wildman–Crippen MR) is 223 cm³/mol. The molecule has 8 rings (SSSR count). The van der Waals surface area contributed by atoms with E-state index in [9.17, 15) is 18.9 Å². The van der Waals surface area contributed by atoms with Gasteiger partial charge in [0.25, 0.3) is 11.8 Å². The highest BCUT2D eigenvalue weighted by molar-refractivity contribution is 7.92. The van der Waals surface area contributed by atoms with Crippen molar-refractivity contribution in [3.05, 3.63) is 82.6 Å². The number of aliphatic hydroxyl groups is 1. The standard InChI is InChI=1S/C44H58N6O7S/c1-30-9-12-36-32(23-30)8-6-15-43(36)28-50-25-34-10-13-37(34)44(53,17-18-49-19-21-56-22-20-49)16-5-7-31(2)27-58(54,47-41(52)35-26-48(3)45-42(35)55-4)46-40(51)33-11-14-39(57-29-43)38(50)24-33/h5,9,11-12,14,16,23-24,26,31,34,37,53H,6-8,10,13,15,17-22,25,27-29H2,1-4H3,(H,46,47,51,52,54)/b16-5+/t31-,34-,37+,43-,44+,58?/m0/s1. The van der Waals surface area contributed by atoms with Gasteiger partial charge in [-0.15, -0.1) is 9.46 Å². The fourth-order valence-corrected chi connectivity index (χ4v) is 11.8. The van der Waals surface area contributed by atoms with Gasteiger partial charge in [-0.25, -0.2) is 4.21 Å². The summed E-state index contributed by atoms with van der Waals surface area (Å²) in [6.45, 7) is 9.75. The van der Waals surface area contributed by atoms with E-state index in [-0.39, 0.29) is 45.9 Å². The van der Waals surface area contributed by atoms with Gasteiger partial charge < -0.3 is 24.2 Å². The number of hydrogen-bond acceptors (Lipinski definition) is 10. The Balaban J connectivity index is 1.20. The van der Waals surface area contributed by atoms with Crippen LogP contribution in [0.5, 0.6) is 11.6 Å². The summed E-state index contributed by atoms with van der Waals surface area (Å²) in [5.41, 5.74) is 3.72. The topological polar surface area (TPSA) is 148 Å². The van der Waals surface area contributed by atoms with Gasteiger partial charge >= 0.3 is 0 Å². The summed E-state index contributed by atoms with van der Waals surface area (Å²) >= 11 is 0. The monoisotopic (exact) mass is 814 g/mol. The van der Waals surface area contributed by atoms with Crippen LogP contribution in [0, 0.1) is 24.7 Å². The molecule has 2 amide bonds. The number of hydrogen-bond donors (Lipinski definition) is 2. The molecule has 6 atom stereocenters. The van der Waals surface area contributed by atoms with Crippen molar-refractivity contribution in [1.82, 2.24) is 19.4 Å². The Bertz CT molecular complexity index is 2190. The molecule has 1 aromatic heterocycles. The molecule has 58 heavy (non-hydrogen) atoms. The Morgan fingerprint density at radius 1 is 1.16 bits per heavy atom. The first-order valence-electron chi connectivity index (χ1n) is 20.9. The lowest BCUT2D eigenvalue weighted by Gasteiger charge is -2.49. The zero-order valence-corrected chi connectivity index (χ0v) is 35.1. The number of ether oxygens (including phenoxy) is 3. The van der Waals surface area contributed by atoms with E-state index in [1.807, 2.05) is 31.2 Å². The summed E-state index contributed by atoms with van der Waals surface area (Å²) in [6.07, 6.45) is 11.4. The van der Waals surface area contributed by atoms with Gasteiger partial charge in [-0.1, -0.05) is 42.8 Å². The largest absolute Gasteiger partial charge is 0.490 e. The summed E-state index contributed by atoms with van der Waals surface area (Å²) in [7, 11) is -0.606. The van der Waals surface area contributed by atoms with Crippen LogP contribution in [0.15, 0.2) is 59.1 Å². The van der Waals surface area contributed by atoms with E-state index in [0.717, 1.165) is 57.4 Å². The van der Waals surface area contributed by atoms with Crippen LogP contribution >= 0.6 is 0 Å². The number of aromatic nitrogens is 2. The fourth-order valence-electron chi connectivity index (χ4n) is 9.91. The molecule has 3 aromatic rings. The fraction of sp³-hybridized carbons (Fsp3) is 0.568. The van der Waals surface area contributed by atoms with E-state index in [1.165, 1.54) is 34.7 Å². The van der Waals surface area contributed by atoms with Crippen molar-refractivity contribution < 1.29 is 33.1 Å². The van der Waals surface area contributed by atoms with Gasteiger partial charge in [-0.3, -0.25) is 23.9 Å². The molecule has 3 aliphatic heterocycles. The molecule has 312 valence electrons. The second kappa shape index (κ2) is 16.4. The summed E-state index contributed by atoms with van der Waals surface area (Å²) < 4.78 is 40.9. The lowest BCUT2D eigenvalue weighted by molar-refractivity contribution is -0.0599. The first-order chi connectivity index (χ1) is 27.9. The van der Waals surface area contributed by atoms with Crippen molar-refractivity contribution in [3.8, 4) is 11.6 Å². The van der Waals surface area contributed by atoms with Crippen LogP contribution in [-0.2, 0) is 33.5 Å². The minimum Gasteiger partial charge on any atom is -0.490 e. The summed E-state index contributed by atoms with van der Waals surface area (Å²) in [5.74, 6) is -0.755. The summed E-state index contributed by atoms with van der Waals surface area (Å²) in [5, 5.41) is 16.9. The Morgan fingerprint density at radius 2 is 1.98 bits per heavy atom. The van der Waals surface area contributed by atoms with Crippen LogP contribution in [-0.4, -0.2) is 107 Å². The number of nitrogens with one attached hydrogen (secondary N) is 1. The average Bonchev–Trinajstić information content (AvgIpc) is 3.50. The highest BCUT2D eigenvalue weighted by Gasteiger charge is 2.48. The number of carbonyl (C=O) groups is 2. The van der Waals surface area contributed by atoms with Gasteiger partial charge in [0, 0.05) is 56.9 Å². The van der Waals surface area contributed by atoms with Crippen LogP contribution in [0.25, 0.3) is 0 Å². The number of rotatable bonds is 6. The van der Waals surface area contributed by atoms with Crippen molar-refractivity contribution in [2.45, 2.75) is 69.8 Å². The molecule has 14 heteroatoms. The number of nitrogens with zero attached hydrogens (tertiary/aromatic N) is 5. The molecular formula is C44H58N6O7S. The van der Waals surface area contributed by atoms with E-state index in [1.54, 1.807) is 13.1 Å². The van der Waals surface area contributed by atoms with Gasteiger partial charge in [-0.2, -0.15) is 0 Å². The number of amides is 2. The molecular weight excluding hydrogens is 757 g/mol. The van der Waals surface area contributed by atoms with Gasteiger partial charge in [0.2, 0.25) is 5.88 Å². The second-order valence-corrected chi connectivity index (χ2v) is 19.4. The number of aryl methyl sites for hydroxylation is 3. The number of morpholine rings is 1. The third kappa shape index (κ3) is 8.30. The van der Waals surface area contributed by atoms with Crippen LogP contribution in [0.4, 0.5) is 5.69 Å². The third-order valence-corrected chi connectivity index (χ3v) is 15.1. The van der Waals surface area contributed by atoms with Gasteiger partial charge in [0.15, 0.2) is 0 Å². The van der Waals surface area contributed by atoms with Gasteiger partial charge in [0.05, 0.1) is 44.0 Å². The van der Waals surface area contributed by atoms with Crippen molar-refractivity contribution >= 4 is 27.4 Å². The number of allylic oxidation sites excluding steroid dienone is 1. The zero-order valence-electron chi connectivity index (χ0n) is 34.3. The minimum atomic E-state index is -3.67. The van der Waals surface area contributed by atoms with E-state index in [4.69, 9.17) is 14.2 Å². The normalized spacial score (nSPS) is 30.8.